The van der Waals surface area contributed by atoms with Gasteiger partial charge in [0.25, 0.3) is 0 Å². The Hall–Kier alpha value is -0.220. The van der Waals surface area contributed by atoms with Crippen molar-refractivity contribution in [3.63, 3.8) is 0 Å². The summed E-state index contributed by atoms with van der Waals surface area (Å²) in [5, 5.41) is 3.21. The average Bonchev–Trinajstić information content (AvgIpc) is 2.33. The summed E-state index contributed by atoms with van der Waals surface area (Å²) in [5.74, 6) is -0.767. The molecule has 0 aliphatic carbocycles. The monoisotopic (exact) mass is 314 g/mol. The molecule has 1 aliphatic heterocycles. The molecule has 114 valence electrons. The first-order valence-corrected chi connectivity index (χ1v) is 9.97. The van der Waals surface area contributed by atoms with E-state index in [1.54, 1.807) is 0 Å². The van der Waals surface area contributed by atoms with Crippen molar-refractivity contribution in [2.45, 2.75) is 18.9 Å². The van der Waals surface area contributed by atoms with Gasteiger partial charge in [0, 0.05) is 12.8 Å². The first-order valence-electron chi connectivity index (χ1n) is 6.26. The molecule has 9 heteroatoms. The Morgan fingerprint density at radius 3 is 2.37 bits per heavy atom. The Balaban J connectivity index is 2.16. The van der Waals surface area contributed by atoms with E-state index >= 15 is 0 Å². The van der Waals surface area contributed by atoms with Gasteiger partial charge in [0.05, 0.1) is 24.2 Å². The van der Waals surface area contributed by atoms with Crippen molar-refractivity contribution in [3.05, 3.63) is 0 Å². The summed E-state index contributed by atoms with van der Waals surface area (Å²) in [6.45, 7) is 2.33. The predicted molar refractivity (Wildman–Crippen MR) is 73.3 cm³/mol. The van der Waals surface area contributed by atoms with Gasteiger partial charge in [0.1, 0.15) is 9.84 Å². The minimum Gasteiger partial charge on any atom is -0.377 e. The standard InChI is InChI=1S/C10H22N2O5S2/c1-18(13,14)8-9-19(15,16)12-6-7-17-10-2-4-11-5-3-10/h10-12H,2-9H2,1H3. The Morgan fingerprint density at radius 1 is 1.16 bits per heavy atom. The first kappa shape index (κ1) is 16.8. The second-order valence-corrected chi connectivity index (χ2v) is 8.85. The highest BCUT2D eigenvalue weighted by Gasteiger charge is 2.15. The van der Waals surface area contributed by atoms with Crippen molar-refractivity contribution in [3.8, 4) is 0 Å². The van der Waals surface area contributed by atoms with Gasteiger partial charge in [0.2, 0.25) is 10.0 Å². The summed E-state index contributed by atoms with van der Waals surface area (Å²) >= 11 is 0. The van der Waals surface area contributed by atoms with E-state index in [2.05, 4.69) is 10.0 Å². The molecule has 1 fully saturated rings. The molecular weight excluding hydrogens is 292 g/mol. The fourth-order valence-electron chi connectivity index (χ4n) is 1.72. The zero-order valence-electron chi connectivity index (χ0n) is 11.1. The van der Waals surface area contributed by atoms with E-state index < -0.39 is 25.6 Å². The van der Waals surface area contributed by atoms with Gasteiger partial charge in [-0.15, -0.1) is 0 Å². The fraction of sp³-hybridized carbons (Fsp3) is 1.00. The molecule has 1 rings (SSSR count). The third-order valence-electron chi connectivity index (χ3n) is 2.79. The van der Waals surface area contributed by atoms with Crippen LogP contribution in [0.25, 0.3) is 0 Å². The molecule has 0 atom stereocenters. The van der Waals surface area contributed by atoms with E-state index in [0.29, 0.717) is 6.61 Å². The summed E-state index contributed by atoms with van der Waals surface area (Å²) in [5.41, 5.74) is 0. The van der Waals surface area contributed by atoms with Crippen LogP contribution in [0.5, 0.6) is 0 Å². The van der Waals surface area contributed by atoms with Crippen molar-refractivity contribution >= 4 is 19.9 Å². The lowest BCUT2D eigenvalue weighted by atomic mass is 10.1. The fourth-order valence-corrected chi connectivity index (χ4v) is 4.35. The summed E-state index contributed by atoms with van der Waals surface area (Å²) in [7, 11) is -6.80. The van der Waals surface area contributed by atoms with Crippen LogP contribution >= 0.6 is 0 Å². The molecule has 0 aromatic rings. The number of piperidine rings is 1. The molecule has 0 bridgehead atoms. The molecule has 0 aromatic heterocycles. The van der Waals surface area contributed by atoms with Gasteiger partial charge in [-0.1, -0.05) is 0 Å². The van der Waals surface area contributed by atoms with Crippen LogP contribution in [0.2, 0.25) is 0 Å². The summed E-state index contributed by atoms with van der Waals surface area (Å²) in [6.07, 6.45) is 3.06. The maximum absolute atomic E-state index is 11.5. The van der Waals surface area contributed by atoms with Crippen LogP contribution in [0, 0.1) is 0 Å². The minimum absolute atomic E-state index is 0.177. The SMILES string of the molecule is CS(=O)(=O)CCS(=O)(=O)NCCOC1CCNCC1. The van der Waals surface area contributed by atoms with Crippen LogP contribution in [-0.4, -0.2) is 66.9 Å². The minimum atomic E-state index is -3.54. The van der Waals surface area contributed by atoms with Crippen molar-refractivity contribution in [1.29, 1.82) is 0 Å². The molecule has 1 saturated heterocycles. The van der Waals surface area contributed by atoms with Gasteiger partial charge < -0.3 is 10.1 Å². The lowest BCUT2D eigenvalue weighted by molar-refractivity contribution is 0.0367. The van der Waals surface area contributed by atoms with Gasteiger partial charge in [0.15, 0.2) is 0 Å². The Bertz CT molecular complexity index is 454. The number of nitrogens with one attached hydrogen (secondary N) is 2. The highest BCUT2D eigenvalue weighted by molar-refractivity contribution is 7.93. The average molecular weight is 314 g/mol. The summed E-state index contributed by atoms with van der Waals surface area (Å²) < 4.78 is 52.6. The van der Waals surface area contributed by atoms with Gasteiger partial charge in [-0.25, -0.2) is 21.6 Å². The number of ether oxygens (including phenoxy) is 1. The number of rotatable bonds is 8. The predicted octanol–water partition coefficient (Wildman–Crippen LogP) is -1.28. The Labute approximate surface area is 115 Å². The zero-order chi connectivity index (χ0) is 14.4. The van der Waals surface area contributed by atoms with E-state index in [0.717, 1.165) is 32.2 Å². The second kappa shape index (κ2) is 7.53. The molecule has 0 unspecified atom stereocenters. The van der Waals surface area contributed by atoms with Crippen LogP contribution in [-0.2, 0) is 24.6 Å². The van der Waals surface area contributed by atoms with E-state index in [1.165, 1.54) is 0 Å². The molecular formula is C10H22N2O5S2. The van der Waals surface area contributed by atoms with Crippen LogP contribution in [0.3, 0.4) is 0 Å². The number of hydrogen-bond acceptors (Lipinski definition) is 6. The first-order chi connectivity index (χ1) is 8.79. The van der Waals surface area contributed by atoms with Gasteiger partial charge >= 0.3 is 0 Å². The number of sulfone groups is 1. The van der Waals surface area contributed by atoms with Crippen LogP contribution in [0.1, 0.15) is 12.8 Å². The molecule has 0 amide bonds. The zero-order valence-corrected chi connectivity index (χ0v) is 12.7. The van der Waals surface area contributed by atoms with Gasteiger partial charge in [-0.3, -0.25) is 0 Å². The summed E-state index contributed by atoms with van der Waals surface area (Å²) in [4.78, 5) is 0. The molecule has 0 radical (unpaired) electrons. The molecule has 2 N–H and O–H groups in total. The van der Waals surface area contributed by atoms with E-state index in [-0.39, 0.29) is 18.4 Å². The normalized spacial score (nSPS) is 18.6. The van der Waals surface area contributed by atoms with Crippen molar-refractivity contribution < 1.29 is 21.6 Å². The number of sulfonamides is 1. The maximum atomic E-state index is 11.5. The smallest absolute Gasteiger partial charge is 0.212 e. The lowest BCUT2D eigenvalue weighted by Gasteiger charge is -2.22. The van der Waals surface area contributed by atoms with Crippen LogP contribution in [0.15, 0.2) is 0 Å². The largest absolute Gasteiger partial charge is 0.377 e. The van der Waals surface area contributed by atoms with E-state index in [4.69, 9.17) is 4.74 Å². The third-order valence-corrected chi connectivity index (χ3v) is 5.38. The quantitative estimate of drug-likeness (QED) is 0.541. The molecule has 0 aromatic carbocycles. The van der Waals surface area contributed by atoms with Crippen LogP contribution in [0.4, 0.5) is 0 Å². The lowest BCUT2D eigenvalue weighted by Crippen LogP contribution is -2.36. The van der Waals surface area contributed by atoms with Crippen LogP contribution < -0.4 is 10.0 Å². The van der Waals surface area contributed by atoms with Crippen molar-refractivity contribution in [1.82, 2.24) is 10.0 Å². The highest BCUT2D eigenvalue weighted by atomic mass is 32.2. The molecule has 7 nitrogen and oxygen atoms in total. The molecule has 19 heavy (non-hydrogen) atoms. The summed E-state index contributed by atoms with van der Waals surface area (Å²) in [6, 6.07) is 0. The van der Waals surface area contributed by atoms with Crippen molar-refractivity contribution in [2.75, 3.05) is 44.0 Å². The number of hydrogen-bond donors (Lipinski definition) is 2. The second-order valence-electron chi connectivity index (χ2n) is 4.66. The molecule has 1 heterocycles. The van der Waals surface area contributed by atoms with E-state index in [1.807, 2.05) is 0 Å². The van der Waals surface area contributed by atoms with Crippen molar-refractivity contribution in [2.24, 2.45) is 0 Å². The highest BCUT2D eigenvalue weighted by Crippen LogP contribution is 2.06. The Morgan fingerprint density at radius 2 is 1.79 bits per heavy atom. The molecule has 1 aliphatic rings. The van der Waals surface area contributed by atoms with Gasteiger partial charge in [-0.2, -0.15) is 0 Å². The topological polar surface area (TPSA) is 102 Å². The van der Waals surface area contributed by atoms with E-state index in [9.17, 15) is 16.8 Å². The Kier molecular flexibility index (Phi) is 6.67. The third kappa shape index (κ3) is 8.53. The van der Waals surface area contributed by atoms with Gasteiger partial charge in [-0.05, 0) is 25.9 Å². The molecule has 0 spiro atoms. The maximum Gasteiger partial charge on any atom is 0.212 e. The molecule has 0 saturated carbocycles.